The highest BCUT2D eigenvalue weighted by Gasteiger charge is 2.25. The van der Waals surface area contributed by atoms with E-state index in [4.69, 9.17) is 4.74 Å². The zero-order valence-electron chi connectivity index (χ0n) is 10.9. The third-order valence-electron chi connectivity index (χ3n) is 2.33. The fraction of sp³-hybridized carbons (Fsp3) is 0.385. The minimum absolute atomic E-state index is 0.526. The summed E-state index contributed by atoms with van der Waals surface area (Å²) in [6, 6.07) is 9.61. The van der Waals surface area contributed by atoms with Crippen LogP contribution in [0.25, 0.3) is 0 Å². The summed E-state index contributed by atoms with van der Waals surface area (Å²) in [5.41, 5.74) is 0. The number of benzene rings is 1. The lowest BCUT2D eigenvalue weighted by Gasteiger charge is -2.20. The first kappa shape index (κ1) is 14.3. The molecular formula is C13H20O2SSi. The first-order chi connectivity index (χ1) is 7.96. The molecular weight excluding hydrogens is 248 g/mol. The summed E-state index contributed by atoms with van der Waals surface area (Å²) in [5, 5.41) is 0. The van der Waals surface area contributed by atoms with Crippen molar-refractivity contribution in [3.05, 3.63) is 40.9 Å². The van der Waals surface area contributed by atoms with Crippen LogP contribution in [0, 0.1) is 0 Å². The molecule has 0 radical (unpaired) electrons. The van der Waals surface area contributed by atoms with Crippen molar-refractivity contribution in [1.82, 2.24) is 0 Å². The Morgan fingerprint density at radius 1 is 1.29 bits per heavy atom. The van der Waals surface area contributed by atoms with Crippen LogP contribution in [0.15, 0.2) is 45.8 Å². The largest absolute Gasteiger partial charge is 0.381 e. The third kappa shape index (κ3) is 4.22. The lowest BCUT2D eigenvalue weighted by atomic mass is 10.4. The molecule has 4 heteroatoms. The second-order valence-corrected chi connectivity index (χ2v) is 11.7. The molecule has 0 N–H and O–H groups in total. The zero-order chi connectivity index (χ0) is 12.9. The van der Waals surface area contributed by atoms with Gasteiger partial charge in [-0.05, 0) is 12.1 Å². The molecule has 0 aliphatic rings. The van der Waals surface area contributed by atoms with Crippen LogP contribution in [-0.4, -0.2) is 26.0 Å². The molecule has 0 aliphatic heterocycles. The fourth-order valence-electron chi connectivity index (χ4n) is 1.49. The Hall–Kier alpha value is -0.713. The van der Waals surface area contributed by atoms with Crippen LogP contribution in [0.2, 0.25) is 19.6 Å². The second kappa shape index (κ2) is 6.28. The number of hydrogen-bond donors (Lipinski definition) is 0. The molecule has 1 aromatic carbocycles. The van der Waals surface area contributed by atoms with Crippen LogP contribution in [-0.2, 0) is 15.5 Å². The molecule has 2 nitrogen and oxygen atoms in total. The third-order valence-corrected chi connectivity index (χ3v) is 7.67. The Balaban J connectivity index is 3.05. The normalized spacial score (nSPS) is 14.7. The van der Waals surface area contributed by atoms with Crippen molar-refractivity contribution >= 4 is 18.9 Å². The summed E-state index contributed by atoms with van der Waals surface area (Å²) in [6.07, 6.45) is 1.98. The van der Waals surface area contributed by atoms with Crippen molar-refractivity contribution in [2.24, 2.45) is 0 Å². The van der Waals surface area contributed by atoms with Gasteiger partial charge < -0.3 is 4.74 Å². The lowest BCUT2D eigenvalue weighted by Crippen LogP contribution is -2.27. The molecule has 0 saturated heterocycles. The molecule has 0 bridgehead atoms. The van der Waals surface area contributed by atoms with Gasteiger partial charge in [0.05, 0.1) is 25.5 Å². The Morgan fingerprint density at radius 2 is 1.88 bits per heavy atom. The Kier molecular flexibility index (Phi) is 5.30. The van der Waals surface area contributed by atoms with Gasteiger partial charge in [0.25, 0.3) is 0 Å². The number of methoxy groups -OCH3 is 1. The number of rotatable bonds is 5. The maximum Gasteiger partial charge on any atom is 0.0892 e. The molecule has 0 fully saturated rings. The maximum atomic E-state index is 12.5. The topological polar surface area (TPSA) is 26.3 Å². The van der Waals surface area contributed by atoms with Crippen molar-refractivity contribution in [2.75, 3.05) is 13.7 Å². The van der Waals surface area contributed by atoms with Crippen LogP contribution in [0.5, 0.6) is 0 Å². The van der Waals surface area contributed by atoms with Gasteiger partial charge >= 0.3 is 0 Å². The van der Waals surface area contributed by atoms with E-state index in [1.165, 1.54) is 0 Å². The van der Waals surface area contributed by atoms with Crippen molar-refractivity contribution in [3.8, 4) is 0 Å². The molecule has 0 heterocycles. The van der Waals surface area contributed by atoms with Gasteiger partial charge in [-0.25, -0.2) is 4.21 Å². The van der Waals surface area contributed by atoms with Gasteiger partial charge in [0.2, 0.25) is 0 Å². The molecule has 0 aromatic heterocycles. The summed E-state index contributed by atoms with van der Waals surface area (Å²) in [6.45, 7) is 7.14. The van der Waals surface area contributed by atoms with Crippen LogP contribution in [0.4, 0.5) is 0 Å². The Morgan fingerprint density at radius 3 is 2.35 bits per heavy atom. The van der Waals surface area contributed by atoms with E-state index in [0.717, 1.165) is 9.42 Å². The minimum atomic E-state index is -1.59. The van der Waals surface area contributed by atoms with Gasteiger partial charge in [0.1, 0.15) is 0 Å². The predicted molar refractivity (Wildman–Crippen MR) is 76.2 cm³/mol. The summed E-state index contributed by atoms with van der Waals surface area (Å²) in [5.74, 6) is 0. The summed E-state index contributed by atoms with van der Waals surface area (Å²) < 4.78 is 18.6. The molecule has 17 heavy (non-hydrogen) atoms. The van der Waals surface area contributed by atoms with Crippen LogP contribution in [0.1, 0.15) is 0 Å². The molecule has 0 amide bonds. The van der Waals surface area contributed by atoms with Gasteiger partial charge in [-0.2, -0.15) is 0 Å². The molecule has 1 unspecified atom stereocenters. The summed E-state index contributed by atoms with van der Waals surface area (Å²) in [7, 11) is -0.982. The van der Waals surface area contributed by atoms with Crippen molar-refractivity contribution in [3.63, 3.8) is 0 Å². The van der Waals surface area contributed by atoms with Crippen LogP contribution < -0.4 is 0 Å². The van der Waals surface area contributed by atoms with E-state index < -0.39 is 18.9 Å². The summed E-state index contributed by atoms with van der Waals surface area (Å²) in [4.78, 5) is 0.872. The van der Waals surface area contributed by atoms with E-state index in [9.17, 15) is 4.21 Å². The number of hydrogen-bond acceptors (Lipinski definition) is 2. The van der Waals surface area contributed by atoms with Crippen molar-refractivity contribution < 1.29 is 8.95 Å². The van der Waals surface area contributed by atoms with Gasteiger partial charge in [-0.1, -0.05) is 43.9 Å². The molecule has 94 valence electrons. The maximum absolute atomic E-state index is 12.5. The highest BCUT2D eigenvalue weighted by Crippen LogP contribution is 2.23. The van der Waals surface area contributed by atoms with Gasteiger partial charge in [-0.15, -0.1) is 0 Å². The Bertz CT molecular complexity index is 407. The molecule has 1 atom stereocenters. The lowest BCUT2D eigenvalue weighted by molar-refractivity contribution is 0.234. The smallest absolute Gasteiger partial charge is 0.0892 e. The minimum Gasteiger partial charge on any atom is -0.381 e. The van der Waals surface area contributed by atoms with E-state index in [1.54, 1.807) is 7.11 Å². The zero-order valence-corrected chi connectivity index (χ0v) is 12.7. The predicted octanol–water partition coefficient (Wildman–Crippen LogP) is 3.20. The molecule has 1 aromatic rings. The first-order valence-corrected chi connectivity index (χ1v) is 10.3. The van der Waals surface area contributed by atoms with Crippen LogP contribution >= 0.6 is 0 Å². The standard InChI is InChI=1S/C13H20O2SSi/c1-15-11-10-13(17(2,3)4)16(14)12-8-6-5-7-9-12/h5-10H,11H2,1-4H3. The molecule has 0 saturated carbocycles. The first-order valence-electron chi connectivity index (χ1n) is 5.63. The van der Waals surface area contributed by atoms with Crippen molar-refractivity contribution in [2.45, 2.75) is 24.5 Å². The summed E-state index contributed by atoms with van der Waals surface area (Å²) >= 11 is 0. The molecule has 1 rings (SSSR count). The highest BCUT2D eigenvalue weighted by molar-refractivity contribution is 7.91. The molecule has 0 spiro atoms. The van der Waals surface area contributed by atoms with Crippen molar-refractivity contribution in [1.29, 1.82) is 0 Å². The average Bonchev–Trinajstić information content (AvgIpc) is 2.29. The highest BCUT2D eigenvalue weighted by atomic mass is 32.2. The van der Waals surface area contributed by atoms with E-state index in [0.29, 0.717) is 6.61 Å². The average molecular weight is 268 g/mol. The van der Waals surface area contributed by atoms with Gasteiger partial charge in [0, 0.05) is 16.5 Å². The van der Waals surface area contributed by atoms with E-state index >= 15 is 0 Å². The Labute approximate surface area is 107 Å². The molecule has 0 aliphatic carbocycles. The van der Waals surface area contributed by atoms with Gasteiger partial charge in [-0.3, -0.25) is 0 Å². The van der Waals surface area contributed by atoms with E-state index in [1.807, 2.05) is 36.4 Å². The number of ether oxygens (including phenoxy) is 1. The fourth-order valence-corrected chi connectivity index (χ4v) is 5.64. The van der Waals surface area contributed by atoms with E-state index in [2.05, 4.69) is 19.6 Å². The van der Waals surface area contributed by atoms with Gasteiger partial charge in [0.15, 0.2) is 0 Å². The van der Waals surface area contributed by atoms with Crippen LogP contribution in [0.3, 0.4) is 0 Å². The van der Waals surface area contributed by atoms with E-state index in [-0.39, 0.29) is 0 Å². The quantitative estimate of drug-likeness (QED) is 0.767. The second-order valence-electron chi connectivity index (χ2n) is 4.86. The SMILES string of the molecule is COCC=C(S(=O)c1ccccc1)[Si](C)(C)C. The monoisotopic (exact) mass is 268 g/mol.